The molecule has 0 N–H and O–H groups in total. The van der Waals surface area contributed by atoms with Gasteiger partial charge < -0.3 is 9.47 Å². The number of hydrogen-bond donors (Lipinski definition) is 0. The summed E-state index contributed by atoms with van der Waals surface area (Å²) in [6.07, 6.45) is 0. The summed E-state index contributed by atoms with van der Waals surface area (Å²) >= 11 is 3.30. The number of hydrogen-bond acceptors (Lipinski definition) is 4. The summed E-state index contributed by atoms with van der Waals surface area (Å²) in [4.78, 5) is 0. The topological polar surface area (TPSA) is 52.6 Å². The fourth-order valence-corrected chi connectivity index (χ4v) is 3.40. The van der Waals surface area contributed by atoms with E-state index in [-0.39, 0.29) is 5.75 Å². The standard InChI is InChI=1S/C10H12BrClO4S/c1-6-7(5-17(12,13)14)8(11)4-9(15-2)10(6)16-3/h4H,5H2,1-3H3. The molecular formula is C10H12BrClO4S. The number of ether oxygens (including phenoxy) is 2. The first-order valence-corrected chi connectivity index (χ1v) is 7.89. The first-order valence-electron chi connectivity index (χ1n) is 4.62. The molecule has 0 bridgehead atoms. The highest BCUT2D eigenvalue weighted by Crippen LogP contribution is 2.38. The molecule has 0 aliphatic rings. The van der Waals surface area contributed by atoms with Crippen molar-refractivity contribution >= 4 is 35.7 Å². The molecular weight excluding hydrogens is 332 g/mol. The molecule has 4 nitrogen and oxygen atoms in total. The van der Waals surface area contributed by atoms with Crippen molar-refractivity contribution in [2.45, 2.75) is 12.7 Å². The third-order valence-corrected chi connectivity index (χ3v) is 3.97. The maximum Gasteiger partial charge on any atom is 0.236 e. The molecule has 0 heterocycles. The zero-order valence-corrected chi connectivity index (χ0v) is 12.7. The van der Waals surface area contributed by atoms with Crippen LogP contribution >= 0.6 is 26.6 Å². The lowest BCUT2D eigenvalue weighted by Gasteiger charge is -2.15. The van der Waals surface area contributed by atoms with Gasteiger partial charge in [0.2, 0.25) is 9.05 Å². The monoisotopic (exact) mass is 342 g/mol. The van der Waals surface area contributed by atoms with Crippen LogP contribution in [-0.4, -0.2) is 22.6 Å². The predicted molar refractivity (Wildman–Crippen MR) is 70.5 cm³/mol. The maximum atomic E-state index is 11.1. The van der Waals surface area contributed by atoms with Gasteiger partial charge in [-0.05, 0) is 18.6 Å². The SMILES string of the molecule is COc1cc(Br)c(CS(=O)(=O)Cl)c(C)c1OC. The summed E-state index contributed by atoms with van der Waals surface area (Å²) in [5.41, 5.74) is 1.25. The number of benzene rings is 1. The molecule has 0 unspecified atom stereocenters. The molecule has 0 spiro atoms. The van der Waals surface area contributed by atoms with Crippen LogP contribution in [0, 0.1) is 6.92 Å². The quantitative estimate of drug-likeness (QED) is 0.789. The molecule has 96 valence electrons. The Morgan fingerprint density at radius 1 is 1.35 bits per heavy atom. The lowest BCUT2D eigenvalue weighted by Crippen LogP contribution is -2.02. The van der Waals surface area contributed by atoms with Crippen molar-refractivity contribution in [3.63, 3.8) is 0 Å². The molecule has 0 aromatic heterocycles. The summed E-state index contributed by atoms with van der Waals surface area (Å²) < 4.78 is 33.2. The molecule has 0 radical (unpaired) electrons. The van der Waals surface area contributed by atoms with Gasteiger partial charge in [-0.25, -0.2) is 8.42 Å². The Bertz CT molecular complexity index is 528. The fraction of sp³-hybridized carbons (Fsp3) is 0.400. The normalized spacial score (nSPS) is 11.4. The van der Waals surface area contributed by atoms with Gasteiger partial charge in [-0.15, -0.1) is 0 Å². The molecule has 0 atom stereocenters. The van der Waals surface area contributed by atoms with Crippen molar-refractivity contribution in [2.75, 3.05) is 14.2 Å². The van der Waals surface area contributed by atoms with Crippen molar-refractivity contribution < 1.29 is 17.9 Å². The van der Waals surface area contributed by atoms with Crippen LogP contribution in [-0.2, 0) is 14.8 Å². The van der Waals surface area contributed by atoms with E-state index in [2.05, 4.69) is 15.9 Å². The average molecular weight is 344 g/mol. The average Bonchev–Trinajstić information content (AvgIpc) is 2.22. The summed E-state index contributed by atoms with van der Waals surface area (Å²) in [6, 6.07) is 1.66. The van der Waals surface area contributed by atoms with E-state index in [1.165, 1.54) is 14.2 Å². The van der Waals surface area contributed by atoms with Crippen molar-refractivity contribution in [1.29, 1.82) is 0 Å². The van der Waals surface area contributed by atoms with Crippen LogP contribution in [0.2, 0.25) is 0 Å². The van der Waals surface area contributed by atoms with E-state index in [9.17, 15) is 8.42 Å². The van der Waals surface area contributed by atoms with E-state index in [0.717, 1.165) is 0 Å². The van der Waals surface area contributed by atoms with Gasteiger partial charge in [0, 0.05) is 20.7 Å². The van der Waals surface area contributed by atoms with Crippen molar-refractivity contribution in [2.24, 2.45) is 0 Å². The lowest BCUT2D eigenvalue weighted by molar-refractivity contribution is 0.352. The van der Waals surface area contributed by atoms with Gasteiger partial charge in [-0.2, -0.15) is 0 Å². The van der Waals surface area contributed by atoms with E-state index >= 15 is 0 Å². The van der Waals surface area contributed by atoms with Crippen LogP contribution in [0.4, 0.5) is 0 Å². The third kappa shape index (κ3) is 3.50. The number of rotatable bonds is 4. The first-order chi connectivity index (χ1) is 7.80. The van der Waals surface area contributed by atoms with Crippen LogP contribution < -0.4 is 9.47 Å². The van der Waals surface area contributed by atoms with Crippen LogP contribution in [0.3, 0.4) is 0 Å². The van der Waals surface area contributed by atoms with Crippen molar-refractivity contribution in [1.82, 2.24) is 0 Å². The van der Waals surface area contributed by atoms with Gasteiger partial charge in [0.05, 0.1) is 20.0 Å². The molecule has 1 aromatic carbocycles. The van der Waals surface area contributed by atoms with Crippen molar-refractivity contribution in [3.05, 3.63) is 21.7 Å². The van der Waals surface area contributed by atoms with Gasteiger partial charge >= 0.3 is 0 Å². The Morgan fingerprint density at radius 2 is 1.94 bits per heavy atom. The minimum absolute atomic E-state index is 0.263. The Balaban J connectivity index is 3.42. The van der Waals surface area contributed by atoms with Crippen LogP contribution in [0.5, 0.6) is 11.5 Å². The van der Waals surface area contributed by atoms with Crippen LogP contribution in [0.25, 0.3) is 0 Å². The highest BCUT2D eigenvalue weighted by Gasteiger charge is 2.19. The number of halogens is 2. The molecule has 0 fully saturated rings. The predicted octanol–water partition coefficient (Wildman–Crippen LogP) is 2.84. The zero-order chi connectivity index (χ0) is 13.2. The van der Waals surface area contributed by atoms with Crippen molar-refractivity contribution in [3.8, 4) is 11.5 Å². The van der Waals surface area contributed by atoms with Crippen LogP contribution in [0.1, 0.15) is 11.1 Å². The minimum Gasteiger partial charge on any atom is -0.493 e. The summed E-state index contributed by atoms with van der Waals surface area (Å²) in [5, 5.41) is 0. The Kier molecular flexibility index (Phi) is 4.69. The Morgan fingerprint density at radius 3 is 2.35 bits per heavy atom. The maximum absolute atomic E-state index is 11.1. The molecule has 0 amide bonds. The third-order valence-electron chi connectivity index (χ3n) is 2.30. The minimum atomic E-state index is -3.62. The molecule has 17 heavy (non-hydrogen) atoms. The summed E-state index contributed by atoms with van der Waals surface area (Å²) in [7, 11) is 4.65. The highest BCUT2D eigenvalue weighted by molar-refractivity contribution is 9.10. The van der Waals surface area contributed by atoms with E-state index in [4.69, 9.17) is 20.2 Å². The highest BCUT2D eigenvalue weighted by atomic mass is 79.9. The van der Waals surface area contributed by atoms with E-state index < -0.39 is 9.05 Å². The van der Waals surface area contributed by atoms with Crippen LogP contribution in [0.15, 0.2) is 10.5 Å². The second-order valence-corrected chi connectivity index (χ2v) is 7.01. The molecule has 0 aliphatic heterocycles. The molecule has 1 rings (SSSR count). The van der Waals surface area contributed by atoms with Gasteiger partial charge in [0.15, 0.2) is 11.5 Å². The van der Waals surface area contributed by atoms with E-state index in [1.54, 1.807) is 13.0 Å². The van der Waals surface area contributed by atoms with E-state index in [0.29, 0.717) is 27.1 Å². The van der Waals surface area contributed by atoms with E-state index in [1.807, 2.05) is 0 Å². The Labute approximate surface area is 113 Å². The van der Waals surface area contributed by atoms with Gasteiger partial charge in [0.1, 0.15) is 0 Å². The summed E-state index contributed by atoms with van der Waals surface area (Å²) in [6.45, 7) is 1.75. The zero-order valence-electron chi connectivity index (χ0n) is 9.58. The second-order valence-electron chi connectivity index (χ2n) is 3.38. The lowest BCUT2D eigenvalue weighted by atomic mass is 10.1. The molecule has 0 aliphatic carbocycles. The van der Waals surface area contributed by atoms with Gasteiger partial charge in [0.25, 0.3) is 0 Å². The summed E-state index contributed by atoms with van der Waals surface area (Å²) in [5.74, 6) is 0.778. The van der Waals surface area contributed by atoms with Gasteiger partial charge in [-0.3, -0.25) is 0 Å². The first kappa shape index (κ1) is 14.6. The smallest absolute Gasteiger partial charge is 0.236 e. The molecule has 1 aromatic rings. The fourth-order valence-electron chi connectivity index (χ4n) is 1.52. The second kappa shape index (κ2) is 5.46. The molecule has 7 heteroatoms. The number of methoxy groups -OCH3 is 2. The van der Waals surface area contributed by atoms with Gasteiger partial charge in [-0.1, -0.05) is 15.9 Å². The molecule has 0 saturated carbocycles. The Hall–Kier alpha value is -0.460. The largest absolute Gasteiger partial charge is 0.493 e. The molecule has 0 saturated heterocycles.